The summed E-state index contributed by atoms with van der Waals surface area (Å²) in [5.41, 5.74) is 6.24. The van der Waals surface area contributed by atoms with Crippen molar-refractivity contribution in [1.82, 2.24) is 14.9 Å². The van der Waals surface area contributed by atoms with E-state index in [4.69, 9.17) is 5.73 Å². The summed E-state index contributed by atoms with van der Waals surface area (Å²) in [7, 11) is 1.80. The highest BCUT2D eigenvalue weighted by molar-refractivity contribution is 5.93. The molecule has 0 radical (unpaired) electrons. The van der Waals surface area contributed by atoms with Crippen LogP contribution >= 0.6 is 0 Å². The van der Waals surface area contributed by atoms with E-state index in [1.54, 1.807) is 24.3 Å². The van der Waals surface area contributed by atoms with E-state index in [1.807, 2.05) is 0 Å². The lowest BCUT2D eigenvalue weighted by molar-refractivity contribution is 0.0733. The Labute approximate surface area is 94.7 Å². The molecule has 1 aliphatic rings. The molecule has 5 nitrogen and oxygen atoms in total. The minimum absolute atomic E-state index is 0.0268. The first-order valence-corrected chi connectivity index (χ1v) is 5.43. The van der Waals surface area contributed by atoms with E-state index in [0.29, 0.717) is 17.5 Å². The Morgan fingerprint density at radius 3 is 2.69 bits per heavy atom. The average molecular weight is 220 g/mol. The van der Waals surface area contributed by atoms with Gasteiger partial charge in [-0.05, 0) is 18.8 Å². The second-order valence-corrected chi connectivity index (χ2v) is 4.41. The van der Waals surface area contributed by atoms with E-state index in [9.17, 15) is 4.79 Å². The van der Waals surface area contributed by atoms with Crippen LogP contribution in [0.5, 0.6) is 0 Å². The largest absolute Gasteiger partial charge is 0.341 e. The molecule has 1 aromatic rings. The van der Waals surface area contributed by atoms with Crippen molar-refractivity contribution < 1.29 is 4.79 Å². The molecule has 1 fully saturated rings. The first-order valence-electron chi connectivity index (χ1n) is 5.43. The van der Waals surface area contributed by atoms with E-state index in [1.165, 1.54) is 6.33 Å². The number of nitrogens with zero attached hydrogens (tertiary/aromatic N) is 3. The second-order valence-electron chi connectivity index (χ2n) is 4.41. The Morgan fingerprint density at radius 1 is 1.50 bits per heavy atom. The van der Waals surface area contributed by atoms with Crippen LogP contribution in [0.2, 0.25) is 0 Å². The highest BCUT2D eigenvalue weighted by Gasteiger charge is 2.28. The van der Waals surface area contributed by atoms with Crippen LogP contribution in [-0.2, 0) is 0 Å². The number of rotatable bonds is 3. The summed E-state index contributed by atoms with van der Waals surface area (Å²) in [5, 5.41) is 0. The third kappa shape index (κ3) is 2.36. The van der Waals surface area contributed by atoms with Crippen LogP contribution in [0.15, 0.2) is 18.7 Å². The van der Waals surface area contributed by atoms with Crippen LogP contribution < -0.4 is 5.73 Å². The molecule has 0 bridgehead atoms. The van der Waals surface area contributed by atoms with E-state index >= 15 is 0 Å². The number of carbonyl (C=O) groups is 1. The molecule has 1 amide bonds. The molecule has 1 aromatic heterocycles. The van der Waals surface area contributed by atoms with Crippen molar-refractivity contribution in [2.24, 2.45) is 11.7 Å². The van der Waals surface area contributed by atoms with Crippen molar-refractivity contribution >= 4 is 5.91 Å². The van der Waals surface area contributed by atoms with Crippen molar-refractivity contribution in [3.05, 3.63) is 24.3 Å². The Kier molecular flexibility index (Phi) is 3.14. The van der Waals surface area contributed by atoms with Crippen molar-refractivity contribution in [1.29, 1.82) is 0 Å². The van der Waals surface area contributed by atoms with Gasteiger partial charge in [0.25, 0.3) is 5.91 Å². The molecule has 0 spiro atoms. The molecule has 2 rings (SSSR count). The van der Waals surface area contributed by atoms with Crippen LogP contribution in [-0.4, -0.2) is 40.4 Å². The summed E-state index contributed by atoms with van der Waals surface area (Å²) in [6, 6.07) is 0.327. The SMILES string of the molecule is CN(CC1CC(N)C1)C(=O)c1cncnc1. The molecule has 0 aromatic carbocycles. The Balaban J connectivity index is 1.90. The standard InChI is InChI=1S/C11H16N4O/c1-15(6-8-2-10(12)3-8)11(16)9-4-13-7-14-5-9/h4-5,7-8,10H,2-3,6,12H2,1H3. The lowest BCUT2D eigenvalue weighted by atomic mass is 9.80. The maximum atomic E-state index is 11.9. The third-order valence-corrected chi connectivity index (χ3v) is 2.96. The molecular weight excluding hydrogens is 204 g/mol. The summed E-state index contributed by atoms with van der Waals surface area (Å²) in [6.07, 6.45) is 6.53. The Morgan fingerprint density at radius 2 is 2.12 bits per heavy atom. The van der Waals surface area contributed by atoms with Gasteiger partial charge in [0.1, 0.15) is 6.33 Å². The van der Waals surface area contributed by atoms with Gasteiger partial charge < -0.3 is 10.6 Å². The van der Waals surface area contributed by atoms with Gasteiger partial charge in [0.15, 0.2) is 0 Å². The van der Waals surface area contributed by atoms with Gasteiger partial charge in [-0.1, -0.05) is 0 Å². The molecule has 1 saturated carbocycles. The predicted molar refractivity (Wildman–Crippen MR) is 59.7 cm³/mol. The maximum Gasteiger partial charge on any atom is 0.256 e. The van der Waals surface area contributed by atoms with Crippen LogP contribution in [0.3, 0.4) is 0 Å². The molecule has 0 aliphatic heterocycles. The molecule has 1 aliphatic carbocycles. The lowest BCUT2D eigenvalue weighted by Crippen LogP contribution is -2.43. The molecule has 86 valence electrons. The summed E-state index contributed by atoms with van der Waals surface area (Å²) in [4.78, 5) is 21.3. The van der Waals surface area contributed by atoms with Crippen molar-refractivity contribution in [2.45, 2.75) is 18.9 Å². The van der Waals surface area contributed by atoms with Gasteiger partial charge in [-0.15, -0.1) is 0 Å². The Bertz CT molecular complexity index is 362. The minimum Gasteiger partial charge on any atom is -0.341 e. The molecule has 0 saturated heterocycles. The summed E-state index contributed by atoms with van der Waals surface area (Å²) >= 11 is 0. The van der Waals surface area contributed by atoms with Crippen molar-refractivity contribution in [2.75, 3.05) is 13.6 Å². The van der Waals surface area contributed by atoms with Crippen LogP contribution in [0, 0.1) is 5.92 Å². The zero-order valence-corrected chi connectivity index (χ0v) is 9.34. The topological polar surface area (TPSA) is 72.1 Å². The fourth-order valence-electron chi connectivity index (χ4n) is 2.04. The minimum atomic E-state index is -0.0268. The van der Waals surface area contributed by atoms with Gasteiger partial charge in [0.2, 0.25) is 0 Å². The number of carbonyl (C=O) groups excluding carboxylic acids is 1. The number of hydrogen-bond donors (Lipinski definition) is 1. The third-order valence-electron chi connectivity index (χ3n) is 2.96. The maximum absolute atomic E-state index is 11.9. The number of amides is 1. The Hall–Kier alpha value is -1.49. The molecule has 2 N–H and O–H groups in total. The van der Waals surface area contributed by atoms with E-state index < -0.39 is 0 Å². The molecule has 1 heterocycles. The van der Waals surface area contributed by atoms with Crippen LogP contribution in [0.4, 0.5) is 0 Å². The number of nitrogens with two attached hydrogens (primary N) is 1. The first-order chi connectivity index (χ1) is 7.66. The summed E-state index contributed by atoms with van der Waals surface area (Å²) in [6.45, 7) is 0.765. The average Bonchev–Trinajstić information content (AvgIpc) is 2.27. The summed E-state index contributed by atoms with van der Waals surface area (Å²) in [5.74, 6) is 0.523. The highest BCUT2D eigenvalue weighted by atomic mass is 16.2. The van der Waals surface area contributed by atoms with Gasteiger partial charge in [-0.3, -0.25) is 4.79 Å². The van der Waals surface area contributed by atoms with Gasteiger partial charge in [-0.25, -0.2) is 9.97 Å². The quantitative estimate of drug-likeness (QED) is 0.794. The predicted octanol–water partition coefficient (Wildman–Crippen LogP) is 0.286. The van der Waals surface area contributed by atoms with Crippen molar-refractivity contribution in [3.63, 3.8) is 0 Å². The number of aromatic nitrogens is 2. The van der Waals surface area contributed by atoms with Gasteiger partial charge in [0.05, 0.1) is 5.56 Å². The monoisotopic (exact) mass is 220 g/mol. The molecule has 0 unspecified atom stereocenters. The normalized spacial score (nSPS) is 23.6. The van der Waals surface area contributed by atoms with Gasteiger partial charge in [-0.2, -0.15) is 0 Å². The lowest BCUT2D eigenvalue weighted by Gasteiger charge is -2.35. The van der Waals surface area contributed by atoms with E-state index in [0.717, 1.165) is 19.4 Å². The van der Waals surface area contributed by atoms with Crippen LogP contribution in [0.25, 0.3) is 0 Å². The van der Waals surface area contributed by atoms with E-state index in [2.05, 4.69) is 9.97 Å². The second kappa shape index (κ2) is 4.57. The highest BCUT2D eigenvalue weighted by Crippen LogP contribution is 2.26. The zero-order chi connectivity index (χ0) is 11.5. The van der Waals surface area contributed by atoms with Gasteiger partial charge >= 0.3 is 0 Å². The van der Waals surface area contributed by atoms with Crippen molar-refractivity contribution in [3.8, 4) is 0 Å². The van der Waals surface area contributed by atoms with Crippen LogP contribution in [0.1, 0.15) is 23.2 Å². The number of hydrogen-bond acceptors (Lipinski definition) is 4. The summed E-state index contributed by atoms with van der Waals surface area (Å²) < 4.78 is 0. The fraction of sp³-hybridized carbons (Fsp3) is 0.545. The first kappa shape index (κ1) is 11.0. The smallest absolute Gasteiger partial charge is 0.256 e. The molecule has 5 heteroatoms. The molecule has 0 atom stereocenters. The molecular formula is C11H16N4O. The molecule has 16 heavy (non-hydrogen) atoms. The van der Waals surface area contributed by atoms with E-state index in [-0.39, 0.29) is 5.91 Å². The zero-order valence-electron chi connectivity index (χ0n) is 9.34. The fourth-order valence-corrected chi connectivity index (χ4v) is 2.04. The van der Waals surface area contributed by atoms with Gasteiger partial charge in [0, 0.05) is 32.0 Å².